The van der Waals surface area contributed by atoms with E-state index in [4.69, 9.17) is 33.2 Å². The molecule has 0 aliphatic carbocycles. The van der Waals surface area contributed by atoms with Crippen LogP contribution in [0, 0.1) is 17.1 Å². The van der Waals surface area contributed by atoms with Gasteiger partial charge in [0.25, 0.3) is 0 Å². The zero-order chi connectivity index (χ0) is 13.8. The zero-order valence-electron chi connectivity index (χ0n) is 9.66. The molecule has 0 N–H and O–H groups in total. The molecule has 0 bridgehead atoms. The highest BCUT2D eigenvalue weighted by atomic mass is 35.5. The first-order chi connectivity index (χ1) is 9.11. The van der Waals surface area contributed by atoms with E-state index in [0.29, 0.717) is 21.9 Å². The fraction of sp³-hybridized carbons (Fsp3) is 0.0714. The maximum absolute atomic E-state index is 13.3. The second-order valence-electron chi connectivity index (χ2n) is 3.75. The van der Waals surface area contributed by atoms with Gasteiger partial charge in [0.05, 0.1) is 10.6 Å². The number of hydrogen-bond acceptors (Lipinski definition) is 2. The molecule has 0 saturated heterocycles. The van der Waals surface area contributed by atoms with Crippen molar-refractivity contribution in [2.75, 3.05) is 0 Å². The van der Waals surface area contributed by atoms with Crippen LogP contribution in [-0.4, -0.2) is 0 Å². The molecule has 2 nitrogen and oxygen atoms in total. The lowest BCUT2D eigenvalue weighted by Crippen LogP contribution is -1.99. The number of ether oxygens (including phenoxy) is 1. The van der Waals surface area contributed by atoms with Crippen LogP contribution in [0.5, 0.6) is 5.75 Å². The third kappa shape index (κ3) is 3.17. The molecule has 0 radical (unpaired) electrons. The molecule has 96 valence electrons. The fourth-order valence-electron chi connectivity index (χ4n) is 1.52. The molecule has 0 unspecified atom stereocenters. The van der Waals surface area contributed by atoms with Crippen LogP contribution in [0.25, 0.3) is 0 Å². The van der Waals surface area contributed by atoms with Crippen LogP contribution in [0.3, 0.4) is 0 Å². The quantitative estimate of drug-likeness (QED) is 0.830. The topological polar surface area (TPSA) is 33.0 Å². The highest BCUT2D eigenvalue weighted by Crippen LogP contribution is 2.26. The Morgan fingerprint density at radius 1 is 1.21 bits per heavy atom. The minimum absolute atomic E-state index is 0.0167. The van der Waals surface area contributed by atoms with Gasteiger partial charge in [0.1, 0.15) is 24.2 Å². The fourth-order valence-corrected chi connectivity index (χ4v) is 1.87. The van der Waals surface area contributed by atoms with Gasteiger partial charge in [0.15, 0.2) is 0 Å². The molecule has 0 saturated carbocycles. The van der Waals surface area contributed by atoms with E-state index in [1.165, 1.54) is 12.1 Å². The predicted molar refractivity (Wildman–Crippen MR) is 71.9 cm³/mol. The summed E-state index contributed by atoms with van der Waals surface area (Å²) in [4.78, 5) is 0. The van der Waals surface area contributed by atoms with Gasteiger partial charge in [0, 0.05) is 16.7 Å². The molecule has 2 aromatic carbocycles. The summed E-state index contributed by atoms with van der Waals surface area (Å²) in [6.07, 6.45) is 0. The predicted octanol–water partition coefficient (Wildman–Crippen LogP) is 4.58. The Kier molecular flexibility index (Phi) is 4.26. The van der Waals surface area contributed by atoms with E-state index in [1.807, 2.05) is 6.07 Å². The highest BCUT2D eigenvalue weighted by molar-refractivity contribution is 6.31. The Morgan fingerprint density at radius 3 is 2.74 bits per heavy atom. The smallest absolute Gasteiger partial charge is 0.142 e. The molecule has 2 aromatic rings. The van der Waals surface area contributed by atoms with Crippen molar-refractivity contribution in [2.24, 2.45) is 0 Å². The molecule has 5 heteroatoms. The van der Waals surface area contributed by atoms with Crippen molar-refractivity contribution in [3.05, 3.63) is 63.4 Å². The molecule has 0 fully saturated rings. The molecule has 0 aromatic heterocycles. The summed E-state index contributed by atoms with van der Waals surface area (Å²) in [5, 5.41) is 9.42. The lowest BCUT2D eigenvalue weighted by Gasteiger charge is -2.09. The van der Waals surface area contributed by atoms with Gasteiger partial charge in [-0.1, -0.05) is 35.3 Å². The van der Waals surface area contributed by atoms with Crippen molar-refractivity contribution in [1.29, 1.82) is 5.26 Å². The van der Waals surface area contributed by atoms with E-state index in [1.54, 1.807) is 24.3 Å². The number of nitrogens with zero attached hydrogens (tertiary/aromatic N) is 1. The average molecular weight is 296 g/mol. The number of halogens is 3. The maximum Gasteiger partial charge on any atom is 0.142 e. The Hall–Kier alpha value is -1.76. The van der Waals surface area contributed by atoms with Gasteiger partial charge in [-0.25, -0.2) is 4.39 Å². The van der Waals surface area contributed by atoms with Crippen molar-refractivity contribution in [3.63, 3.8) is 0 Å². The van der Waals surface area contributed by atoms with E-state index in [2.05, 4.69) is 0 Å². The second-order valence-corrected chi connectivity index (χ2v) is 4.57. The zero-order valence-corrected chi connectivity index (χ0v) is 11.2. The Labute approximate surface area is 119 Å². The van der Waals surface area contributed by atoms with Gasteiger partial charge in [-0.2, -0.15) is 5.26 Å². The third-order valence-electron chi connectivity index (χ3n) is 2.48. The van der Waals surface area contributed by atoms with E-state index in [0.717, 1.165) is 0 Å². The number of hydrogen-bond donors (Lipinski definition) is 0. The molecule has 0 aliphatic heterocycles. The molecule has 0 heterocycles. The molecular formula is C14H8Cl2FNO. The summed E-state index contributed by atoms with van der Waals surface area (Å²) < 4.78 is 18.7. The van der Waals surface area contributed by atoms with Crippen molar-refractivity contribution in [1.82, 2.24) is 0 Å². The summed E-state index contributed by atoms with van der Waals surface area (Å²) in [6, 6.07) is 11.2. The number of nitriles is 1. The Bertz CT molecular complexity index is 652. The monoisotopic (exact) mass is 295 g/mol. The van der Waals surface area contributed by atoms with E-state index < -0.39 is 5.82 Å². The molecule has 0 amide bonds. The van der Waals surface area contributed by atoms with E-state index in [-0.39, 0.29) is 11.6 Å². The molecule has 0 aliphatic rings. The maximum atomic E-state index is 13.3. The van der Waals surface area contributed by atoms with Gasteiger partial charge < -0.3 is 4.74 Å². The Balaban J connectivity index is 2.21. The summed E-state index contributed by atoms with van der Waals surface area (Å²) in [5.41, 5.74) is 0.863. The van der Waals surface area contributed by atoms with Gasteiger partial charge in [-0.3, -0.25) is 0 Å². The minimum atomic E-state index is -0.505. The highest BCUT2D eigenvalue weighted by Gasteiger charge is 2.08. The van der Waals surface area contributed by atoms with E-state index >= 15 is 0 Å². The molecule has 2 rings (SSSR count). The number of rotatable bonds is 3. The van der Waals surface area contributed by atoms with Gasteiger partial charge in [-0.15, -0.1) is 0 Å². The van der Waals surface area contributed by atoms with Crippen LogP contribution >= 0.6 is 23.2 Å². The van der Waals surface area contributed by atoms with Crippen LogP contribution in [0.4, 0.5) is 4.39 Å². The van der Waals surface area contributed by atoms with Crippen molar-refractivity contribution >= 4 is 23.2 Å². The number of benzene rings is 2. The van der Waals surface area contributed by atoms with Crippen LogP contribution in [0.2, 0.25) is 10.0 Å². The first-order valence-electron chi connectivity index (χ1n) is 5.37. The summed E-state index contributed by atoms with van der Waals surface area (Å²) in [6.45, 7) is 0.0611. The van der Waals surface area contributed by atoms with Crippen LogP contribution in [-0.2, 0) is 6.61 Å². The standard InChI is InChI=1S/C14H8Cl2FNO/c15-11-5-4-9(7-18)13(6-11)19-8-10-2-1-3-12(17)14(10)16/h1-6H,8H2. The first kappa shape index (κ1) is 13.7. The lowest BCUT2D eigenvalue weighted by atomic mass is 10.2. The van der Waals surface area contributed by atoms with E-state index in [9.17, 15) is 4.39 Å². The van der Waals surface area contributed by atoms with Crippen LogP contribution in [0.1, 0.15) is 11.1 Å². The summed E-state index contributed by atoms with van der Waals surface area (Å²) in [5.74, 6) is -0.162. The summed E-state index contributed by atoms with van der Waals surface area (Å²) in [7, 11) is 0. The van der Waals surface area contributed by atoms with Crippen molar-refractivity contribution < 1.29 is 9.13 Å². The first-order valence-corrected chi connectivity index (χ1v) is 6.12. The SMILES string of the molecule is N#Cc1ccc(Cl)cc1OCc1cccc(F)c1Cl. The second kappa shape index (κ2) is 5.92. The molecule has 19 heavy (non-hydrogen) atoms. The van der Waals surface area contributed by atoms with Crippen LogP contribution < -0.4 is 4.74 Å². The van der Waals surface area contributed by atoms with Crippen LogP contribution in [0.15, 0.2) is 36.4 Å². The normalized spacial score (nSPS) is 10.0. The Morgan fingerprint density at radius 2 is 2.00 bits per heavy atom. The lowest BCUT2D eigenvalue weighted by molar-refractivity contribution is 0.305. The molecule has 0 spiro atoms. The van der Waals surface area contributed by atoms with Crippen molar-refractivity contribution in [2.45, 2.75) is 6.61 Å². The average Bonchev–Trinajstić information content (AvgIpc) is 2.40. The molecular weight excluding hydrogens is 288 g/mol. The minimum Gasteiger partial charge on any atom is -0.487 e. The molecule has 0 atom stereocenters. The van der Waals surface area contributed by atoms with Gasteiger partial charge >= 0.3 is 0 Å². The van der Waals surface area contributed by atoms with Crippen molar-refractivity contribution in [3.8, 4) is 11.8 Å². The third-order valence-corrected chi connectivity index (χ3v) is 3.14. The van der Waals surface area contributed by atoms with Gasteiger partial charge in [-0.05, 0) is 18.2 Å². The van der Waals surface area contributed by atoms with Gasteiger partial charge in [0.2, 0.25) is 0 Å². The largest absolute Gasteiger partial charge is 0.487 e. The summed E-state index contributed by atoms with van der Waals surface area (Å²) >= 11 is 11.7.